The molecule has 0 aliphatic carbocycles. The molecule has 2 rings (SSSR count). The van der Waals surface area contributed by atoms with E-state index in [0.29, 0.717) is 18.1 Å². The third-order valence-electron chi connectivity index (χ3n) is 3.83. The first-order valence-corrected chi connectivity index (χ1v) is 7.75. The van der Waals surface area contributed by atoms with Gasteiger partial charge in [0.15, 0.2) is 0 Å². The summed E-state index contributed by atoms with van der Waals surface area (Å²) in [6.07, 6.45) is 1.04. The van der Waals surface area contributed by atoms with Crippen molar-refractivity contribution in [1.82, 2.24) is 15.2 Å². The summed E-state index contributed by atoms with van der Waals surface area (Å²) >= 11 is 6.26. The van der Waals surface area contributed by atoms with Crippen LogP contribution in [0.1, 0.15) is 32.9 Å². The molecule has 5 nitrogen and oxygen atoms in total. The van der Waals surface area contributed by atoms with Crippen LogP contribution in [0.4, 0.5) is 5.82 Å². The van der Waals surface area contributed by atoms with E-state index in [1.165, 1.54) is 0 Å². The molecule has 6 heteroatoms. The Hall–Kier alpha value is -1.33. The molecule has 1 amide bonds. The first kappa shape index (κ1) is 16.0. The van der Waals surface area contributed by atoms with Gasteiger partial charge in [-0.15, -0.1) is 0 Å². The normalized spacial score (nSPS) is 18.4. The van der Waals surface area contributed by atoms with Crippen LogP contribution in [0.5, 0.6) is 0 Å². The van der Waals surface area contributed by atoms with Gasteiger partial charge in [-0.1, -0.05) is 18.5 Å². The van der Waals surface area contributed by atoms with E-state index < -0.39 is 5.54 Å². The Kier molecular flexibility index (Phi) is 5.06. The summed E-state index contributed by atoms with van der Waals surface area (Å²) < 4.78 is 0. The molecule has 1 aliphatic heterocycles. The fraction of sp³-hybridized carbons (Fsp3) is 0.600. The lowest BCUT2D eigenvalue weighted by Gasteiger charge is -2.41. The van der Waals surface area contributed by atoms with Gasteiger partial charge in [0, 0.05) is 26.2 Å². The highest BCUT2D eigenvalue weighted by molar-refractivity contribution is 6.31. The summed E-state index contributed by atoms with van der Waals surface area (Å²) in [5.74, 6) is 0.876. The minimum absolute atomic E-state index is 0.0464. The van der Waals surface area contributed by atoms with Crippen LogP contribution >= 0.6 is 11.6 Å². The molecule has 2 heterocycles. The van der Waals surface area contributed by atoms with Crippen LogP contribution in [-0.2, 0) is 11.3 Å². The fourth-order valence-corrected chi connectivity index (χ4v) is 2.51. The number of pyridine rings is 1. The Balaban J connectivity index is 2.16. The third-order valence-corrected chi connectivity index (χ3v) is 4.17. The van der Waals surface area contributed by atoms with Gasteiger partial charge < -0.3 is 10.6 Å². The Labute approximate surface area is 131 Å². The van der Waals surface area contributed by atoms with Gasteiger partial charge in [-0.25, -0.2) is 4.98 Å². The van der Waals surface area contributed by atoms with Crippen LogP contribution in [-0.4, -0.2) is 41.0 Å². The molecule has 0 saturated carbocycles. The van der Waals surface area contributed by atoms with E-state index in [-0.39, 0.29) is 5.91 Å². The lowest BCUT2D eigenvalue weighted by molar-refractivity contribution is -0.135. The van der Waals surface area contributed by atoms with Crippen molar-refractivity contribution in [2.75, 3.05) is 25.0 Å². The molecule has 1 aliphatic rings. The Morgan fingerprint density at radius 3 is 2.95 bits per heavy atom. The predicted molar refractivity (Wildman–Crippen MR) is 85.5 cm³/mol. The first-order chi connectivity index (χ1) is 9.95. The molecule has 0 bridgehead atoms. The zero-order chi connectivity index (χ0) is 15.5. The smallest absolute Gasteiger partial charge is 0.240 e. The van der Waals surface area contributed by atoms with E-state index in [0.717, 1.165) is 31.0 Å². The zero-order valence-electron chi connectivity index (χ0n) is 12.9. The number of amides is 1. The molecule has 0 spiro atoms. The third kappa shape index (κ3) is 3.66. The van der Waals surface area contributed by atoms with E-state index in [1.54, 1.807) is 0 Å². The largest absolute Gasteiger partial charge is 0.370 e. The van der Waals surface area contributed by atoms with Crippen molar-refractivity contribution < 1.29 is 4.79 Å². The minimum atomic E-state index is -0.546. The van der Waals surface area contributed by atoms with Gasteiger partial charge >= 0.3 is 0 Å². The number of halogens is 1. The highest BCUT2D eigenvalue weighted by Gasteiger charge is 2.37. The summed E-state index contributed by atoms with van der Waals surface area (Å²) in [6.45, 7) is 8.87. The highest BCUT2D eigenvalue weighted by Crippen LogP contribution is 2.24. The SMILES string of the molecule is CCCNc1ccc(Cl)c(CN2CCNC(=O)C2(C)C)n1. The van der Waals surface area contributed by atoms with Gasteiger partial charge in [-0.3, -0.25) is 9.69 Å². The average molecular weight is 311 g/mol. The fourth-order valence-electron chi connectivity index (χ4n) is 2.35. The molecule has 1 aromatic heterocycles. The van der Waals surface area contributed by atoms with Gasteiger partial charge in [0.1, 0.15) is 5.82 Å². The quantitative estimate of drug-likeness (QED) is 0.876. The van der Waals surface area contributed by atoms with Crippen molar-refractivity contribution in [2.24, 2.45) is 0 Å². The summed E-state index contributed by atoms with van der Waals surface area (Å²) in [5, 5.41) is 6.79. The Bertz CT molecular complexity index is 518. The molecule has 0 atom stereocenters. The van der Waals surface area contributed by atoms with Crippen molar-refractivity contribution in [3.8, 4) is 0 Å². The van der Waals surface area contributed by atoms with E-state index in [1.807, 2.05) is 26.0 Å². The second-order valence-electron chi connectivity index (χ2n) is 5.79. The molecule has 1 fully saturated rings. The molecule has 2 N–H and O–H groups in total. The summed E-state index contributed by atoms with van der Waals surface area (Å²) in [7, 11) is 0. The number of nitrogens with one attached hydrogen (secondary N) is 2. The summed E-state index contributed by atoms with van der Waals surface area (Å²) in [5.41, 5.74) is 0.261. The standard InChI is InChI=1S/C15H23ClN4O/c1-4-7-17-13-6-5-11(16)12(19-13)10-20-9-8-18-14(21)15(20,2)3/h5-6H,4,7-10H2,1-3H3,(H,17,19)(H,18,21). The molecule has 116 valence electrons. The molecule has 0 aromatic carbocycles. The number of carbonyl (C=O) groups excluding carboxylic acids is 1. The van der Waals surface area contributed by atoms with Gasteiger partial charge in [-0.05, 0) is 32.4 Å². The number of rotatable bonds is 5. The maximum atomic E-state index is 12.0. The van der Waals surface area contributed by atoms with Crippen molar-refractivity contribution in [3.63, 3.8) is 0 Å². The number of carbonyl (C=O) groups is 1. The monoisotopic (exact) mass is 310 g/mol. The van der Waals surface area contributed by atoms with Gasteiger partial charge in [0.25, 0.3) is 0 Å². The summed E-state index contributed by atoms with van der Waals surface area (Å²) in [6, 6.07) is 3.74. The number of piperazine rings is 1. The number of hydrogen-bond acceptors (Lipinski definition) is 4. The van der Waals surface area contributed by atoms with E-state index in [2.05, 4.69) is 27.4 Å². The molecular formula is C15H23ClN4O. The van der Waals surface area contributed by atoms with E-state index in [9.17, 15) is 4.79 Å². The number of anilines is 1. The van der Waals surface area contributed by atoms with Crippen molar-refractivity contribution in [3.05, 3.63) is 22.8 Å². The van der Waals surface area contributed by atoms with Crippen LogP contribution < -0.4 is 10.6 Å². The highest BCUT2D eigenvalue weighted by atomic mass is 35.5. The van der Waals surface area contributed by atoms with Gasteiger partial charge in [0.2, 0.25) is 5.91 Å². The lowest BCUT2D eigenvalue weighted by Crippen LogP contribution is -2.61. The lowest BCUT2D eigenvalue weighted by atomic mass is 9.98. The minimum Gasteiger partial charge on any atom is -0.370 e. The van der Waals surface area contributed by atoms with Crippen LogP contribution in [0.25, 0.3) is 0 Å². The number of aromatic nitrogens is 1. The van der Waals surface area contributed by atoms with Gasteiger partial charge in [-0.2, -0.15) is 0 Å². The second kappa shape index (κ2) is 6.62. The maximum absolute atomic E-state index is 12.0. The van der Waals surface area contributed by atoms with Gasteiger partial charge in [0.05, 0.1) is 16.3 Å². The number of hydrogen-bond donors (Lipinski definition) is 2. The molecule has 21 heavy (non-hydrogen) atoms. The second-order valence-corrected chi connectivity index (χ2v) is 6.20. The van der Waals surface area contributed by atoms with E-state index >= 15 is 0 Å². The van der Waals surface area contributed by atoms with Crippen LogP contribution in [0.3, 0.4) is 0 Å². The average Bonchev–Trinajstić information content (AvgIpc) is 2.45. The topological polar surface area (TPSA) is 57.3 Å². The predicted octanol–water partition coefficient (Wildman–Crippen LogP) is 2.27. The molecule has 0 radical (unpaired) electrons. The molecule has 0 unspecified atom stereocenters. The van der Waals surface area contributed by atoms with Crippen LogP contribution in [0.15, 0.2) is 12.1 Å². The van der Waals surface area contributed by atoms with E-state index in [4.69, 9.17) is 11.6 Å². The molecule has 1 saturated heterocycles. The molecular weight excluding hydrogens is 288 g/mol. The Morgan fingerprint density at radius 2 is 2.24 bits per heavy atom. The first-order valence-electron chi connectivity index (χ1n) is 7.37. The zero-order valence-corrected chi connectivity index (χ0v) is 13.6. The van der Waals surface area contributed by atoms with Crippen LogP contribution in [0, 0.1) is 0 Å². The summed E-state index contributed by atoms with van der Waals surface area (Å²) in [4.78, 5) is 18.7. The Morgan fingerprint density at radius 1 is 1.48 bits per heavy atom. The number of nitrogens with zero attached hydrogens (tertiary/aromatic N) is 2. The maximum Gasteiger partial charge on any atom is 0.240 e. The van der Waals surface area contributed by atoms with Crippen molar-refractivity contribution >= 4 is 23.3 Å². The van der Waals surface area contributed by atoms with Crippen molar-refractivity contribution in [2.45, 2.75) is 39.3 Å². The van der Waals surface area contributed by atoms with Crippen LogP contribution in [0.2, 0.25) is 5.02 Å². The van der Waals surface area contributed by atoms with Crippen molar-refractivity contribution in [1.29, 1.82) is 0 Å². The molecule has 1 aromatic rings.